The van der Waals surface area contributed by atoms with Gasteiger partial charge in [0.1, 0.15) is 6.54 Å². The zero-order valence-corrected chi connectivity index (χ0v) is 18.0. The third-order valence-electron chi connectivity index (χ3n) is 4.53. The van der Waals surface area contributed by atoms with Gasteiger partial charge in [0.25, 0.3) is 0 Å². The standard InChI is InChI=1S/C13H16NOS.C8H14NOS/c1-11-13(7-8-15)16-10-14(11)9-12-5-3-2-4-6-12;1-3-9-6-11-8(4-5-10)7(9)2/h2-6,10,15H,7-9H2,1H3;6,10H,3-5H2,1-2H3/q2*+1. The van der Waals surface area contributed by atoms with Crippen molar-refractivity contribution in [2.45, 2.75) is 46.7 Å². The highest BCUT2D eigenvalue weighted by Crippen LogP contribution is 2.12. The zero-order chi connectivity index (χ0) is 19.6. The minimum absolute atomic E-state index is 0.229. The van der Waals surface area contributed by atoms with Crippen molar-refractivity contribution < 1.29 is 19.3 Å². The molecule has 0 aliphatic heterocycles. The quantitative estimate of drug-likeness (QED) is 0.593. The molecule has 0 fully saturated rings. The molecule has 4 nitrogen and oxygen atoms in total. The predicted octanol–water partition coefficient (Wildman–Crippen LogP) is 2.83. The van der Waals surface area contributed by atoms with Gasteiger partial charge < -0.3 is 10.2 Å². The number of aliphatic hydroxyl groups is 2. The molecule has 1 aromatic carbocycles. The second kappa shape index (κ2) is 11.3. The molecule has 3 aromatic rings. The van der Waals surface area contributed by atoms with Crippen LogP contribution in [0.1, 0.15) is 33.6 Å². The molecule has 27 heavy (non-hydrogen) atoms. The summed E-state index contributed by atoms with van der Waals surface area (Å²) >= 11 is 3.45. The van der Waals surface area contributed by atoms with Crippen LogP contribution in [0.25, 0.3) is 0 Å². The molecule has 2 N–H and O–H groups in total. The van der Waals surface area contributed by atoms with Gasteiger partial charge in [-0.1, -0.05) is 53.0 Å². The fourth-order valence-electron chi connectivity index (χ4n) is 2.83. The van der Waals surface area contributed by atoms with Crippen molar-refractivity contribution >= 4 is 22.7 Å². The van der Waals surface area contributed by atoms with E-state index in [1.54, 1.807) is 22.7 Å². The zero-order valence-electron chi connectivity index (χ0n) is 16.4. The van der Waals surface area contributed by atoms with Crippen LogP contribution in [0.2, 0.25) is 0 Å². The molecule has 0 bridgehead atoms. The number of aryl methyl sites for hydroxylation is 1. The molecule has 2 aromatic heterocycles. The van der Waals surface area contributed by atoms with Crippen molar-refractivity contribution in [1.29, 1.82) is 0 Å². The normalized spacial score (nSPS) is 10.6. The van der Waals surface area contributed by atoms with E-state index in [-0.39, 0.29) is 13.2 Å². The Kier molecular flexibility index (Phi) is 9.07. The molecule has 0 amide bonds. The van der Waals surface area contributed by atoms with Gasteiger partial charge in [-0.15, -0.1) is 0 Å². The van der Waals surface area contributed by atoms with Crippen LogP contribution in [-0.2, 0) is 25.9 Å². The number of hydrogen-bond acceptors (Lipinski definition) is 4. The van der Waals surface area contributed by atoms with E-state index in [2.05, 4.69) is 65.2 Å². The number of aromatic nitrogens is 2. The lowest BCUT2D eigenvalue weighted by molar-refractivity contribution is -0.694. The molecule has 0 unspecified atom stereocenters. The lowest BCUT2D eigenvalue weighted by Gasteiger charge is -1.97. The number of thiazole rings is 2. The minimum Gasteiger partial charge on any atom is -0.396 e. The first-order valence-electron chi connectivity index (χ1n) is 9.29. The van der Waals surface area contributed by atoms with E-state index in [9.17, 15) is 0 Å². The van der Waals surface area contributed by atoms with Gasteiger partial charge in [0.15, 0.2) is 17.9 Å². The highest BCUT2D eigenvalue weighted by atomic mass is 32.1. The maximum atomic E-state index is 8.94. The van der Waals surface area contributed by atoms with Crippen LogP contribution in [0.4, 0.5) is 0 Å². The van der Waals surface area contributed by atoms with Gasteiger partial charge in [-0.3, -0.25) is 0 Å². The van der Waals surface area contributed by atoms with E-state index in [0.717, 1.165) is 25.9 Å². The van der Waals surface area contributed by atoms with Gasteiger partial charge in [0.2, 0.25) is 11.0 Å². The number of rotatable bonds is 7. The molecule has 0 spiro atoms. The Labute approximate surface area is 170 Å². The van der Waals surface area contributed by atoms with Crippen molar-refractivity contribution in [1.82, 2.24) is 0 Å². The fraction of sp³-hybridized carbons (Fsp3) is 0.429. The summed E-state index contributed by atoms with van der Waals surface area (Å²) in [5.41, 5.74) is 8.12. The number of aliphatic hydroxyl groups excluding tert-OH is 2. The average Bonchev–Trinajstić information content (AvgIpc) is 3.21. The van der Waals surface area contributed by atoms with Crippen LogP contribution >= 0.6 is 22.7 Å². The third-order valence-corrected chi connectivity index (χ3v) is 6.82. The van der Waals surface area contributed by atoms with E-state index in [1.165, 1.54) is 26.7 Å². The van der Waals surface area contributed by atoms with Crippen molar-refractivity contribution in [3.8, 4) is 0 Å². The van der Waals surface area contributed by atoms with Gasteiger partial charge in [0, 0.05) is 45.5 Å². The molecular formula is C21H30N2O2S2+2. The van der Waals surface area contributed by atoms with Crippen molar-refractivity contribution in [2.24, 2.45) is 0 Å². The molecule has 0 aliphatic rings. The van der Waals surface area contributed by atoms with E-state index in [4.69, 9.17) is 10.2 Å². The fourth-order valence-corrected chi connectivity index (χ4v) is 4.88. The van der Waals surface area contributed by atoms with Gasteiger partial charge in [-0.05, 0) is 6.92 Å². The molecule has 0 radical (unpaired) electrons. The lowest BCUT2D eigenvalue weighted by Crippen LogP contribution is -2.35. The molecule has 0 atom stereocenters. The topological polar surface area (TPSA) is 48.2 Å². The molecule has 2 heterocycles. The molecule has 0 aliphatic carbocycles. The second-order valence-electron chi connectivity index (χ2n) is 6.31. The maximum Gasteiger partial charge on any atom is 0.225 e. The van der Waals surface area contributed by atoms with Gasteiger partial charge in [0.05, 0.1) is 9.75 Å². The Balaban J connectivity index is 0.000000208. The van der Waals surface area contributed by atoms with Gasteiger partial charge >= 0.3 is 0 Å². The monoisotopic (exact) mass is 406 g/mol. The summed E-state index contributed by atoms with van der Waals surface area (Å²) in [5, 5.41) is 17.7. The summed E-state index contributed by atoms with van der Waals surface area (Å²) in [6.07, 6.45) is 1.56. The summed E-state index contributed by atoms with van der Waals surface area (Å²) in [4.78, 5) is 2.58. The highest BCUT2D eigenvalue weighted by molar-refractivity contribution is 7.09. The van der Waals surface area contributed by atoms with Gasteiger partial charge in [-0.2, -0.15) is 9.13 Å². The van der Waals surface area contributed by atoms with E-state index in [1.807, 2.05) is 6.07 Å². The van der Waals surface area contributed by atoms with E-state index in [0.29, 0.717) is 0 Å². The van der Waals surface area contributed by atoms with Crippen molar-refractivity contribution in [3.63, 3.8) is 0 Å². The van der Waals surface area contributed by atoms with E-state index < -0.39 is 0 Å². The molecule has 6 heteroatoms. The number of benzene rings is 1. The van der Waals surface area contributed by atoms with Crippen LogP contribution in [0.5, 0.6) is 0 Å². The minimum atomic E-state index is 0.229. The van der Waals surface area contributed by atoms with Crippen LogP contribution in [0.15, 0.2) is 41.4 Å². The first-order valence-corrected chi connectivity index (χ1v) is 11.0. The van der Waals surface area contributed by atoms with Crippen molar-refractivity contribution in [2.75, 3.05) is 13.2 Å². The Morgan fingerprint density at radius 2 is 1.33 bits per heavy atom. The van der Waals surface area contributed by atoms with Gasteiger partial charge in [-0.25, -0.2) is 0 Å². The summed E-state index contributed by atoms with van der Waals surface area (Å²) in [6, 6.07) is 10.4. The van der Waals surface area contributed by atoms with Crippen molar-refractivity contribution in [3.05, 3.63) is 68.1 Å². The molecule has 3 rings (SSSR count). The summed E-state index contributed by atoms with van der Waals surface area (Å²) in [7, 11) is 0. The van der Waals surface area contributed by atoms with E-state index >= 15 is 0 Å². The van der Waals surface area contributed by atoms with Crippen LogP contribution in [0, 0.1) is 13.8 Å². The van der Waals surface area contributed by atoms with Crippen LogP contribution < -0.4 is 9.13 Å². The predicted molar refractivity (Wildman–Crippen MR) is 111 cm³/mol. The largest absolute Gasteiger partial charge is 0.396 e. The Morgan fingerprint density at radius 3 is 1.81 bits per heavy atom. The Morgan fingerprint density at radius 1 is 0.815 bits per heavy atom. The smallest absolute Gasteiger partial charge is 0.225 e. The Bertz CT molecular complexity index is 813. The summed E-state index contributed by atoms with van der Waals surface area (Å²) < 4.78 is 4.45. The second-order valence-corrected chi connectivity index (χ2v) is 8.19. The highest BCUT2D eigenvalue weighted by Gasteiger charge is 2.14. The number of nitrogens with zero attached hydrogens (tertiary/aromatic N) is 2. The first-order chi connectivity index (χ1) is 13.1. The molecular weight excluding hydrogens is 376 g/mol. The Hall–Kier alpha value is -1.60. The molecule has 0 saturated heterocycles. The molecule has 146 valence electrons. The SMILES string of the molecule is CC[n+]1csc(CCO)c1C.Cc1c(CCO)sc[n+]1Cc1ccccc1. The van der Waals surface area contributed by atoms with Crippen LogP contribution in [-0.4, -0.2) is 23.4 Å². The first kappa shape index (κ1) is 21.7. The number of hydrogen-bond donors (Lipinski definition) is 2. The molecule has 0 saturated carbocycles. The summed E-state index contributed by atoms with van der Waals surface area (Å²) in [6.45, 7) is 8.76. The third kappa shape index (κ3) is 6.21. The van der Waals surface area contributed by atoms with Crippen LogP contribution in [0.3, 0.4) is 0 Å². The maximum absolute atomic E-state index is 8.94. The lowest BCUT2D eigenvalue weighted by atomic mass is 10.2. The summed E-state index contributed by atoms with van der Waals surface area (Å²) in [5.74, 6) is 0. The average molecular weight is 407 g/mol.